The zero-order valence-corrected chi connectivity index (χ0v) is 9.89. The SMILES string of the molecule is Cc1nnc2cc(-c3cccc(Cl)c3)cnn12. The highest BCUT2D eigenvalue weighted by molar-refractivity contribution is 6.30. The number of halogens is 1. The van der Waals surface area contributed by atoms with E-state index in [2.05, 4.69) is 15.3 Å². The molecule has 17 heavy (non-hydrogen) atoms. The summed E-state index contributed by atoms with van der Waals surface area (Å²) in [6.45, 7) is 1.87. The van der Waals surface area contributed by atoms with E-state index in [-0.39, 0.29) is 0 Å². The lowest BCUT2D eigenvalue weighted by Crippen LogP contribution is -1.94. The molecule has 4 nitrogen and oxygen atoms in total. The van der Waals surface area contributed by atoms with Crippen LogP contribution in [0.2, 0.25) is 5.02 Å². The molecule has 0 N–H and O–H groups in total. The Hall–Kier alpha value is -1.94. The van der Waals surface area contributed by atoms with Crippen LogP contribution >= 0.6 is 11.6 Å². The number of nitrogens with zero attached hydrogens (tertiary/aromatic N) is 4. The minimum absolute atomic E-state index is 0.708. The number of hydrogen-bond donors (Lipinski definition) is 0. The van der Waals surface area contributed by atoms with E-state index in [9.17, 15) is 0 Å². The van der Waals surface area contributed by atoms with Crippen molar-refractivity contribution in [1.82, 2.24) is 19.8 Å². The third-order valence-corrected chi connectivity index (χ3v) is 2.81. The van der Waals surface area contributed by atoms with Gasteiger partial charge in [-0.05, 0) is 30.7 Å². The molecule has 0 saturated heterocycles. The van der Waals surface area contributed by atoms with Crippen LogP contribution in [0.1, 0.15) is 5.82 Å². The molecular formula is C12H9ClN4. The fourth-order valence-electron chi connectivity index (χ4n) is 1.73. The smallest absolute Gasteiger partial charge is 0.178 e. The van der Waals surface area contributed by atoms with Gasteiger partial charge in [0.15, 0.2) is 11.5 Å². The van der Waals surface area contributed by atoms with Gasteiger partial charge >= 0.3 is 0 Å². The van der Waals surface area contributed by atoms with Crippen molar-refractivity contribution in [3.63, 3.8) is 0 Å². The van der Waals surface area contributed by atoms with Gasteiger partial charge in [0.1, 0.15) is 0 Å². The van der Waals surface area contributed by atoms with Crippen molar-refractivity contribution in [1.29, 1.82) is 0 Å². The van der Waals surface area contributed by atoms with Crippen LogP contribution in [-0.4, -0.2) is 19.8 Å². The van der Waals surface area contributed by atoms with Gasteiger partial charge < -0.3 is 0 Å². The largest absolute Gasteiger partial charge is 0.198 e. The van der Waals surface area contributed by atoms with Crippen molar-refractivity contribution in [3.8, 4) is 11.1 Å². The van der Waals surface area contributed by atoms with Crippen LogP contribution < -0.4 is 0 Å². The summed E-state index contributed by atoms with van der Waals surface area (Å²) in [6.07, 6.45) is 1.79. The number of aromatic nitrogens is 4. The lowest BCUT2D eigenvalue weighted by Gasteiger charge is -2.02. The predicted octanol–water partition coefficient (Wildman–Crippen LogP) is 2.75. The van der Waals surface area contributed by atoms with Crippen LogP contribution in [0.25, 0.3) is 16.8 Å². The molecule has 5 heteroatoms. The molecule has 2 heterocycles. The van der Waals surface area contributed by atoms with Crippen molar-refractivity contribution >= 4 is 17.2 Å². The van der Waals surface area contributed by atoms with Gasteiger partial charge in [-0.15, -0.1) is 10.2 Å². The molecule has 0 aliphatic carbocycles. The van der Waals surface area contributed by atoms with Crippen LogP contribution in [0.3, 0.4) is 0 Å². The minimum Gasteiger partial charge on any atom is -0.198 e. The number of aryl methyl sites for hydroxylation is 1. The van der Waals surface area contributed by atoms with Crippen molar-refractivity contribution < 1.29 is 0 Å². The lowest BCUT2D eigenvalue weighted by molar-refractivity contribution is 0.876. The standard InChI is InChI=1S/C12H9ClN4/c1-8-15-16-12-6-10(7-14-17(8)12)9-3-2-4-11(13)5-9/h2-7H,1H3. The molecule has 0 atom stereocenters. The van der Waals surface area contributed by atoms with Crippen molar-refractivity contribution in [2.45, 2.75) is 6.92 Å². The Balaban J connectivity index is 2.18. The first kappa shape index (κ1) is 10.2. The summed E-state index contributed by atoms with van der Waals surface area (Å²) < 4.78 is 1.70. The Morgan fingerprint density at radius 1 is 1.12 bits per heavy atom. The highest BCUT2D eigenvalue weighted by atomic mass is 35.5. The van der Waals surface area contributed by atoms with Crippen LogP contribution in [0.15, 0.2) is 36.5 Å². The topological polar surface area (TPSA) is 43.1 Å². The first-order chi connectivity index (χ1) is 8.24. The van der Waals surface area contributed by atoms with E-state index in [1.807, 2.05) is 37.3 Å². The quantitative estimate of drug-likeness (QED) is 0.661. The Labute approximate surface area is 103 Å². The maximum atomic E-state index is 5.96. The zero-order chi connectivity index (χ0) is 11.8. The summed E-state index contributed by atoms with van der Waals surface area (Å²) in [5, 5.41) is 13.0. The van der Waals surface area contributed by atoms with Gasteiger partial charge in [0.05, 0.1) is 6.20 Å². The second-order valence-electron chi connectivity index (χ2n) is 3.77. The van der Waals surface area contributed by atoms with Gasteiger partial charge in [-0.25, -0.2) is 0 Å². The second kappa shape index (κ2) is 3.82. The number of hydrogen-bond acceptors (Lipinski definition) is 3. The molecule has 0 aliphatic rings. The average Bonchev–Trinajstić information content (AvgIpc) is 2.71. The number of rotatable bonds is 1. The van der Waals surface area contributed by atoms with E-state index in [4.69, 9.17) is 11.6 Å². The molecule has 0 saturated carbocycles. The van der Waals surface area contributed by atoms with E-state index in [0.717, 1.165) is 22.6 Å². The summed E-state index contributed by atoms with van der Waals surface area (Å²) in [4.78, 5) is 0. The maximum absolute atomic E-state index is 5.96. The van der Waals surface area contributed by atoms with E-state index < -0.39 is 0 Å². The summed E-state index contributed by atoms with van der Waals surface area (Å²) in [6, 6.07) is 9.59. The fourth-order valence-corrected chi connectivity index (χ4v) is 1.92. The van der Waals surface area contributed by atoms with E-state index in [1.54, 1.807) is 10.7 Å². The Bertz CT molecular complexity index is 690. The maximum Gasteiger partial charge on any atom is 0.178 e. The molecule has 1 aromatic carbocycles. The normalized spacial score (nSPS) is 10.9. The first-order valence-electron chi connectivity index (χ1n) is 5.18. The van der Waals surface area contributed by atoms with Crippen molar-refractivity contribution in [3.05, 3.63) is 47.4 Å². The molecule has 2 aromatic heterocycles. The highest BCUT2D eigenvalue weighted by Crippen LogP contribution is 2.22. The molecule has 0 fully saturated rings. The molecule has 3 aromatic rings. The summed E-state index contributed by atoms with van der Waals surface area (Å²) in [5.74, 6) is 0.776. The molecule has 3 rings (SSSR count). The van der Waals surface area contributed by atoms with Crippen LogP contribution in [0.4, 0.5) is 0 Å². The molecule has 0 bridgehead atoms. The van der Waals surface area contributed by atoms with Gasteiger partial charge in [0.2, 0.25) is 0 Å². The highest BCUT2D eigenvalue weighted by Gasteiger charge is 2.05. The molecule has 0 aliphatic heterocycles. The van der Waals surface area contributed by atoms with Crippen LogP contribution in [0.5, 0.6) is 0 Å². The van der Waals surface area contributed by atoms with E-state index >= 15 is 0 Å². The second-order valence-corrected chi connectivity index (χ2v) is 4.21. The zero-order valence-electron chi connectivity index (χ0n) is 9.13. The van der Waals surface area contributed by atoms with Gasteiger partial charge in [0.25, 0.3) is 0 Å². The van der Waals surface area contributed by atoms with E-state index in [1.165, 1.54) is 0 Å². The summed E-state index contributed by atoms with van der Waals surface area (Å²) in [7, 11) is 0. The van der Waals surface area contributed by atoms with Gasteiger partial charge in [0, 0.05) is 10.6 Å². The number of benzene rings is 1. The Kier molecular flexibility index (Phi) is 2.30. The molecule has 0 radical (unpaired) electrons. The van der Waals surface area contributed by atoms with Gasteiger partial charge in [-0.3, -0.25) is 0 Å². The molecule has 0 unspecified atom stereocenters. The molecular weight excluding hydrogens is 236 g/mol. The summed E-state index contributed by atoms with van der Waals surface area (Å²) >= 11 is 5.96. The fraction of sp³-hybridized carbons (Fsp3) is 0.0833. The third-order valence-electron chi connectivity index (χ3n) is 2.58. The van der Waals surface area contributed by atoms with Gasteiger partial charge in [-0.2, -0.15) is 9.61 Å². The Morgan fingerprint density at radius 2 is 2.00 bits per heavy atom. The monoisotopic (exact) mass is 244 g/mol. The summed E-state index contributed by atoms with van der Waals surface area (Å²) in [5.41, 5.74) is 2.74. The lowest BCUT2D eigenvalue weighted by atomic mass is 10.1. The van der Waals surface area contributed by atoms with Crippen molar-refractivity contribution in [2.75, 3.05) is 0 Å². The predicted molar refractivity (Wildman–Crippen MR) is 66.0 cm³/mol. The average molecular weight is 245 g/mol. The molecule has 84 valence electrons. The third kappa shape index (κ3) is 1.76. The van der Waals surface area contributed by atoms with Crippen molar-refractivity contribution in [2.24, 2.45) is 0 Å². The molecule has 0 amide bonds. The van der Waals surface area contributed by atoms with Crippen LogP contribution in [-0.2, 0) is 0 Å². The first-order valence-corrected chi connectivity index (χ1v) is 5.56. The number of fused-ring (bicyclic) bond motifs is 1. The van der Waals surface area contributed by atoms with Gasteiger partial charge in [-0.1, -0.05) is 23.7 Å². The minimum atomic E-state index is 0.708. The Morgan fingerprint density at radius 3 is 2.82 bits per heavy atom. The van der Waals surface area contributed by atoms with E-state index in [0.29, 0.717) is 5.02 Å². The molecule has 0 spiro atoms. The van der Waals surface area contributed by atoms with Crippen LogP contribution in [0, 0.1) is 6.92 Å².